The van der Waals surface area contributed by atoms with Crippen molar-refractivity contribution in [2.24, 2.45) is 0 Å². The highest BCUT2D eigenvalue weighted by molar-refractivity contribution is 7.88. The van der Waals surface area contributed by atoms with Crippen LogP contribution in [-0.4, -0.2) is 52.0 Å². The van der Waals surface area contributed by atoms with Crippen LogP contribution in [-0.2, 0) is 16.6 Å². The summed E-state index contributed by atoms with van der Waals surface area (Å²) in [4.78, 5) is 0. The summed E-state index contributed by atoms with van der Waals surface area (Å²) < 4.78 is 26.7. The Bertz CT molecular complexity index is 1020. The van der Waals surface area contributed by atoms with Crippen molar-refractivity contribution in [1.29, 1.82) is 0 Å². The molecule has 1 saturated heterocycles. The minimum atomic E-state index is -3.11. The molecule has 0 amide bonds. The summed E-state index contributed by atoms with van der Waals surface area (Å²) in [7, 11) is -3.11. The molecular formula is C18H22N6O2S2. The van der Waals surface area contributed by atoms with Crippen LogP contribution < -0.4 is 5.32 Å². The van der Waals surface area contributed by atoms with Crippen molar-refractivity contribution in [1.82, 2.24) is 24.3 Å². The average molecular weight is 419 g/mol. The summed E-state index contributed by atoms with van der Waals surface area (Å²) in [6, 6.07) is 12.1. The highest BCUT2D eigenvalue weighted by Crippen LogP contribution is 2.33. The van der Waals surface area contributed by atoms with E-state index in [1.165, 1.54) is 27.5 Å². The van der Waals surface area contributed by atoms with Gasteiger partial charge in [-0.05, 0) is 18.4 Å². The average Bonchev–Trinajstić information content (AvgIpc) is 3.32. The Balaban J connectivity index is 1.35. The van der Waals surface area contributed by atoms with Gasteiger partial charge in [0.1, 0.15) is 5.01 Å². The second kappa shape index (κ2) is 7.98. The Morgan fingerprint density at radius 2 is 1.89 bits per heavy atom. The van der Waals surface area contributed by atoms with Crippen LogP contribution >= 0.6 is 11.3 Å². The van der Waals surface area contributed by atoms with E-state index in [4.69, 9.17) is 0 Å². The SMILES string of the molecule is CS(=O)(=O)N1CCC(c2nnc(Nc3ccn(Cc4ccccc4)n3)s2)CC1. The maximum atomic E-state index is 11.6. The summed E-state index contributed by atoms with van der Waals surface area (Å²) in [5.41, 5.74) is 1.19. The number of aromatic nitrogens is 4. The van der Waals surface area contributed by atoms with Gasteiger partial charge in [0.05, 0.1) is 12.8 Å². The van der Waals surface area contributed by atoms with Gasteiger partial charge in [0.2, 0.25) is 15.2 Å². The van der Waals surface area contributed by atoms with Crippen molar-refractivity contribution in [3.05, 3.63) is 53.2 Å². The summed E-state index contributed by atoms with van der Waals surface area (Å²) >= 11 is 1.51. The fourth-order valence-electron chi connectivity index (χ4n) is 3.28. The molecule has 1 aromatic carbocycles. The van der Waals surface area contributed by atoms with E-state index in [1.54, 1.807) is 0 Å². The highest BCUT2D eigenvalue weighted by Gasteiger charge is 2.27. The summed E-state index contributed by atoms with van der Waals surface area (Å²) in [6.07, 6.45) is 4.73. The largest absolute Gasteiger partial charge is 0.313 e. The van der Waals surface area contributed by atoms with Gasteiger partial charge < -0.3 is 5.32 Å². The third kappa shape index (κ3) is 4.57. The van der Waals surface area contributed by atoms with E-state index in [1.807, 2.05) is 35.1 Å². The van der Waals surface area contributed by atoms with Crippen LogP contribution in [0.5, 0.6) is 0 Å². The lowest BCUT2D eigenvalue weighted by Gasteiger charge is -2.28. The molecule has 1 fully saturated rings. The van der Waals surface area contributed by atoms with E-state index in [9.17, 15) is 8.42 Å². The predicted octanol–water partition coefficient (Wildman–Crippen LogP) is 2.67. The van der Waals surface area contributed by atoms with Crippen LogP contribution in [0.3, 0.4) is 0 Å². The molecule has 3 heterocycles. The fraction of sp³-hybridized carbons (Fsp3) is 0.389. The minimum absolute atomic E-state index is 0.252. The molecule has 3 aromatic rings. The van der Waals surface area contributed by atoms with Crippen LogP contribution in [0.4, 0.5) is 10.9 Å². The third-order valence-corrected chi connectivity index (χ3v) is 7.08. The third-order valence-electron chi connectivity index (χ3n) is 4.78. The van der Waals surface area contributed by atoms with Crippen molar-refractivity contribution < 1.29 is 8.42 Å². The number of anilines is 2. The van der Waals surface area contributed by atoms with Gasteiger partial charge >= 0.3 is 0 Å². The molecule has 0 atom stereocenters. The van der Waals surface area contributed by atoms with Crippen molar-refractivity contribution in [2.75, 3.05) is 24.7 Å². The van der Waals surface area contributed by atoms with Gasteiger partial charge in [0.25, 0.3) is 0 Å². The molecule has 0 spiro atoms. The number of nitrogens with one attached hydrogen (secondary N) is 1. The fourth-order valence-corrected chi connectivity index (χ4v) is 5.07. The molecule has 28 heavy (non-hydrogen) atoms. The van der Waals surface area contributed by atoms with Crippen molar-refractivity contribution >= 4 is 32.3 Å². The summed E-state index contributed by atoms with van der Waals surface area (Å²) in [6.45, 7) is 1.79. The number of benzene rings is 1. The van der Waals surface area contributed by atoms with Crippen molar-refractivity contribution in [2.45, 2.75) is 25.3 Å². The first kappa shape index (κ1) is 19.0. The van der Waals surface area contributed by atoms with Crippen LogP contribution in [0, 0.1) is 0 Å². The number of piperidine rings is 1. The Morgan fingerprint density at radius 3 is 2.61 bits per heavy atom. The predicted molar refractivity (Wildman–Crippen MR) is 109 cm³/mol. The van der Waals surface area contributed by atoms with Crippen LogP contribution in [0.25, 0.3) is 0 Å². The van der Waals surface area contributed by atoms with Crippen molar-refractivity contribution in [3.63, 3.8) is 0 Å². The smallest absolute Gasteiger partial charge is 0.211 e. The Labute approximate surface area is 168 Å². The molecule has 4 rings (SSSR count). The van der Waals surface area contributed by atoms with Gasteiger partial charge in [-0.2, -0.15) is 5.10 Å². The molecule has 1 N–H and O–H groups in total. The zero-order chi connectivity index (χ0) is 19.6. The molecule has 1 aliphatic rings. The number of hydrogen-bond acceptors (Lipinski definition) is 7. The molecule has 2 aromatic heterocycles. The standard InChI is InChI=1S/C18H22N6O2S2/c1-28(25,26)24-11-7-15(8-12-24)17-20-21-18(27-17)19-16-9-10-23(22-16)13-14-5-3-2-4-6-14/h2-6,9-10,15H,7-8,11-13H2,1H3,(H,19,21,22). The maximum absolute atomic E-state index is 11.6. The molecule has 10 heteroatoms. The molecule has 0 aliphatic carbocycles. The van der Waals surface area contributed by atoms with Gasteiger partial charge in [0, 0.05) is 31.3 Å². The van der Waals surface area contributed by atoms with Crippen LogP contribution in [0.2, 0.25) is 0 Å². The van der Waals surface area contributed by atoms with E-state index in [0.717, 1.165) is 23.7 Å². The van der Waals surface area contributed by atoms with Crippen molar-refractivity contribution in [3.8, 4) is 0 Å². The molecule has 1 aliphatic heterocycles. The molecule has 148 valence electrons. The minimum Gasteiger partial charge on any atom is -0.313 e. The van der Waals surface area contributed by atoms with E-state index >= 15 is 0 Å². The number of nitrogens with zero attached hydrogens (tertiary/aromatic N) is 5. The van der Waals surface area contributed by atoms with Gasteiger partial charge in [-0.1, -0.05) is 41.7 Å². The zero-order valence-electron chi connectivity index (χ0n) is 15.5. The first-order valence-corrected chi connectivity index (χ1v) is 11.8. The number of rotatable bonds is 6. The topological polar surface area (TPSA) is 93.0 Å². The second-order valence-electron chi connectivity index (χ2n) is 6.89. The first-order chi connectivity index (χ1) is 13.5. The monoisotopic (exact) mass is 418 g/mol. The summed E-state index contributed by atoms with van der Waals surface area (Å²) in [5.74, 6) is 0.979. The lowest BCUT2D eigenvalue weighted by atomic mass is 9.99. The van der Waals surface area contributed by atoms with Crippen LogP contribution in [0.1, 0.15) is 29.3 Å². The maximum Gasteiger partial charge on any atom is 0.211 e. The molecule has 0 saturated carbocycles. The normalized spacial score (nSPS) is 16.3. The quantitative estimate of drug-likeness (QED) is 0.662. The highest BCUT2D eigenvalue weighted by atomic mass is 32.2. The van der Waals surface area contributed by atoms with Gasteiger partial charge in [0.15, 0.2) is 5.82 Å². The van der Waals surface area contributed by atoms with E-state index in [-0.39, 0.29) is 5.92 Å². The number of hydrogen-bond donors (Lipinski definition) is 1. The molecule has 0 radical (unpaired) electrons. The lowest BCUT2D eigenvalue weighted by molar-refractivity contribution is 0.320. The second-order valence-corrected chi connectivity index (χ2v) is 9.88. The van der Waals surface area contributed by atoms with E-state index < -0.39 is 10.0 Å². The molecular weight excluding hydrogens is 396 g/mol. The Kier molecular flexibility index (Phi) is 5.42. The molecule has 0 bridgehead atoms. The Hall–Kier alpha value is -2.30. The van der Waals surface area contributed by atoms with E-state index in [2.05, 4.69) is 32.7 Å². The first-order valence-electron chi connectivity index (χ1n) is 9.10. The van der Waals surface area contributed by atoms with E-state index in [0.29, 0.717) is 24.8 Å². The zero-order valence-corrected chi connectivity index (χ0v) is 17.2. The van der Waals surface area contributed by atoms with Gasteiger partial charge in [-0.3, -0.25) is 4.68 Å². The lowest BCUT2D eigenvalue weighted by Crippen LogP contribution is -2.37. The molecule has 8 nitrogen and oxygen atoms in total. The number of sulfonamides is 1. The van der Waals surface area contributed by atoms with Gasteiger partial charge in [-0.25, -0.2) is 12.7 Å². The summed E-state index contributed by atoms with van der Waals surface area (Å²) in [5, 5.41) is 17.9. The molecule has 0 unspecified atom stereocenters. The van der Waals surface area contributed by atoms with Crippen LogP contribution in [0.15, 0.2) is 42.6 Å². The van der Waals surface area contributed by atoms with Gasteiger partial charge in [-0.15, -0.1) is 10.2 Å². The Morgan fingerprint density at radius 1 is 1.14 bits per heavy atom.